The number of amides is 2. The molecule has 1 heterocycles. The summed E-state index contributed by atoms with van der Waals surface area (Å²) in [5, 5.41) is 16.9. The Balaban J connectivity index is 2.19. The second kappa shape index (κ2) is 7.73. The quantitative estimate of drug-likeness (QED) is 0.710. The number of carbonyl (C=O) groups is 2. The van der Waals surface area contributed by atoms with E-state index in [1.54, 1.807) is 24.5 Å². The lowest BCUT2D eigenvalue weighted by Gasteiger charge is -2.13. The van der Waals surface area contributed by atoms with Gasteiger partial charge in [0.05, 0.1) is 5.01 Å². The molecule has 2 amide bonds. The Morgan fingerprint density at radius 2 is 2.05 bits per heavy atom. The summed E-state index contributed by atoms with van der Waals surface area (Å²) in [4.78, 5) is 26.2. The van der Waals surface area contributed by atoms with E-state index in [1.165, 1.54) is 0 Å². The number of carboxylic acids is 1. The van der Waals surface area contributed by atoms with Gasteiger partial charge in [-0.25, -0.2) is 9.78 Å². The SMILES string of the molecule is CC(CNC(=O)NCC(C)c1nccs1)CC(=O)O. The topological polar surface area (TPSA) is 91.3 Å². The van der Waals surface area contributed by atoms with E-state index in [-0.39, 0.29) is 24.3 Å². The fourth-order valence-electron chi connectivity index (χ4n) is 1.51. The first-order valence-electron chi connectivity index (χ1n) is 6.12. The van der Waals surface area contributed by atoms with Gasteiger partial charge in [-0.05, 0) is 5.92 Å². The van der Waals surface area contributed by atoms with E-state index in [1.807, 2.05) is 12.3 Å². The second-order valence-electron chi connectivity index (χ2n) is 4.57. The van der Waals surface area contributed by atoms with E-state index in [9.17, 15) is 9.59 Å². The van der Waals surface area contributed by atoms with Crippen molar-refractivity contribution in [1.29, 1.82) is 0 Å². The lowest BCUT2D eigenvalue weighted by atomic mass is 10.1. The summed E-state index contributed by atoms with van der Waals surface area (Å²) in [6.45, 7) is 4.63. The molecule has 6 nitrogen and oxygen atoms in total. The van der Waals surface area contributed by atoms with Crippen LogP contribution in [-0.2, 0) is 4.79 Å². The molecule has 0 aromatic carbocycles. The number of aromatic nitrogens is 1. The Labute approximate surface area is 116 Å². The van der Waals surface area contributed by atoms with Crippen molar-refractivity contribution in [2.45, 2.75) is 26.2 Å². The van der Waals surface area contributed by atoms with Gasteiger partial charge in [-0.1, -0.05) is 13.8 Å². The van der Waals surface area contributed by atoms with Gasteiger partial charge in [-0.2, -0.15) is 0 Å². The van der Waals surface area contributed by atoms with Crippen molar-refractivity contribution in [3.05, 3.63) is 16.6 Å². The van der Waals surface area contributed by atoms with Gasteiger partial charge in [-0.15, -0.1) is 11.3 Å². The van der Waals surface area contributed by atoms with Crippen molar-refractivity contribution in [2.75, 3.05) is 13.1 Å². The molecule has 0 radical (unpaired) electrons. The standard InChI is InChI=1S/C12H19N3O3S/c1-8(5-10(16)17)6-14-12(18)15-7-9(2)11-13-3-4-19-11/h3-4,8-9H,5-7H2,1-2H3,(H,16,17)(H2,14,15,18). The van der Waals surface area contributed by atoms with Crippen molar-refractivity contribution in [3.63, 3.8) is 0 Å². The first kappa shape index (κ1) is 15.4. The Morgan fingerprint density at radius 1 is 1.37 bits per heavy atom. The maximum Gasteiger partial charge on any atom is 0.314 e. The summed E-state index contributed by atoms with van der Waals surface area (Å²) < 4.78 is 0. The van der Waals surface area contributed by atoms with E-state index >= 15 is 0 Å². The number of urea groups is 1. The number of carbonyl (C=O) groups excluding carboxylic acids is 1. The summed E-state index contributed by atoms with van der Waals surface area (Å²) in [7, 11) is 0. The van der Waals surface area contributed by atoms with Crippen LogP contribution in [0.1, 0.15) is 31.2 Å². The number of hydrogen-bond acceptors (Lipinski definition) is 4. The highest BCUT2D eigenvalue weighted by atomic mass is 32.1. The average molecular weight is 285 g/mol. The Bertz CT molecular complexity index is 408. The largest absolute Gasteiger partial charge is 0.481 e. The summed E-state index contributed by atoms with van der Waals surface area (Å²) in [6, 6.07) is -0.277. The molecule has 7 heteroatoms. The second-order valence-corrected chi connectivity index (χ2v) is 5.49. The Hall–Kier alpha value is -1.63. The monoisotopic (exact) mass is 285 g/mol. The zero-order chi connectivity index (χ0) is 14.3. The molecule has 19 heavy (non-hydrogen) atoms. The highest BCUT2D eigenvalue weighted by Gasteiger charge is 2.11. The van der Waals surface area contributed by atoms with Crippen LogP contribution in [0.3, 0.4) is 0 Å². The molecule has 0 bridgehead atoms. The highest BCUT2D eigenvalue weighted by Crippen LogP contribution is 2.16. The third-order valence-corrected chi connectivity index (χ3v) is 3.58. The van der Waals surface area contributed by atoms with Crippen molar-refractivity contribution in [1.82, 2.24) is 15.6 Å². The Morgan fingerprint density at radius 3 is 2.63 bits per heavy atom. The predicted molar refractivity (Wildman–Crippen MR) is 73.3 cm³/mol. The molecule has 106 valence electrons. The zero-order valence-electron chi connectivity index (χ0n) is 11.0. The van der Waals surface area contributed by atoms with Gasteiger partial charge in [-0.3, -0.25) is 4.79 Å². The third-order valence-electron chi connectivity index (χ3n) is 2.58. The minimum absolute atomic E-state index is 0.0514. The molecule has 0 saturated carbocycles. The smallest absolute Gasteiger partial charge is 0.314 e. The molecule has 0 spiro atoms. The van der Waals surface area contributed by atoms with Gasteiger partial charge in [0, 0.05) is 37.0 Å². The van der Waals surface area contributed by atoms with Crippen LogP contribution in [0.4, 0.5) is 4.79 Å². The van der Waals surface area contributed by atoms with Crippen LogP contribution in [0.5, 0.6) is 0 Å². The molecule has 1 rings (SSSR count). The number of nitrogens with zero attached hydrogens (tertiary/aromatic N) is 1. The molecule has 3 N–H and O–H groups in total. The number of thiazole rings is 1. The first-order valence-corrected chi connectivity index (χ1v) is 7.00. The Kier molecular flexibility index (Phi) is 6.27. The van der Waals surface area contributed by atoms with E-state index in [4.69, 9.17) is 5.11 Å². The number of aliphatic carboxylic acids is 1. The normalized spacial score (nSPS) is 13.6. The van der Waals surface area contributed by atoms with E-state index < -0.39 is 5.97 Å². The lowest BCUT2D eigenvalue weighted by Crippen LogP contribution is -2.39. The summed E-state index contributed by atoms with van der Waals surface area (Å²) in [5.41, 5.74) is 0. The minimum Gasteiger partial charge on any atom is -0.481 e. The van der Waals surface area contributed by atoms with Crippen LogP contribution >= 0.6 is 11.3 Å². The number of rotatable bonds is 7. The third kappa shape index (κ3) is 6.19. The van der Waals surface area contributed by atoms with Crippen LogP contribution in [0.2, 0.25) is 0 Å². The van der Waals surface area contributed by atoms with Crippen molar-refractivity contribution < 1.29 is 14.7 Å². The average Bonchev–Trinajstić information content (AvgIpc) is 2.86. The molecule has 0 aliphatic carbocycles. The predicted octanol–water partition coefficient (Wildman–Crippen LogP) is 1.66. The zero-order valence-corrected chi connectivity index (χ0v) is 11.9. The molecule has 0 aliphatic rings. The van der Waals surface area contributed by atoms with Gasteiger partial charge < -0.3 is 15.7 Å². The highest BCUT2D eigenvalue weighted by molar-refractivity contribution is 7.09. The maximum absolute atomic E-state index is 11.5. The first-order chi connectivity index (χ1) is 8.99. The molecule has 2 unspecified atom stereocenters. The van der Waals surface area contributed by atoms with Gasteiger partial charge in [0.25, 0.3) is 0 Å². The number of hydrogen-bond donors (Lipinski definition) is 3. The summed E-state index contributed by atoms with van der Waals surface area (Å²) in [6.07, 6.45) is 1.79. The molecule has 1 aromatic rings. The number of nitrogens with one attached hydrogen (secondary N) is 2. The molecular formula is C12H19N3O3S. The van der Waals surface area contributed by atoms with Crippen molar-refractivity contribution >= 4 is 23.3 Å². The molecular weight excluding hydrogens is 266 g/mol. The van der Waals surface area contributed by atoms with Gasteiger partial charge in [0.15, 0.2) is 0 Å². The molecule has 0 fully saturated rings. The fraction of sp³-hybridized carbons (Fsp3) is 0.583. The maximum atomic E-state index is 11.5. The fourth-order valence-corrected chi connectivity index (χ4v) is 2.21. The molecule has 0 saturated heterocycles. The van der Waals surface area contributed by atoms with Crippen LogP contribution in [0.15, 0.2) is 11.6 Å². The number of carboxylic acid groups (broad SMARTS) is 1. The lowest BCUT2D eigenvalue weighted by molar-refractivity contribution is -0.137. The molecule has 1 aromatic heterocycles. The summed E-state index contributed by atoms with van der Waals surface area (Å²) in [5.74, 6) is -0.770. The van der Waals surface area contributed by atoms with Crippen LogP contribution in [-0.4, -0.2) is 35.2 Å². The van der Waals surface area contributed by atoms with Crippen molar-refractivity contribution in [3.8, 4) is 0 Å². The van der Waals surface area contributed by atoms with Gasteiger partial charge >= 0.3 is 12.0 Å². The van der Waals surface area contributed by atoms with E-state index in [0.717, 1.165) is 5.01 Å². The van der Waals surface area contributed by atoms with E-state index in [2.05, 4.69) is 15.6 Å². The summed E-state index contributed by atoms with van der Waals surface area (Å²) >= 11 is 1.56. The van der Waals surface area contributed by atoms with Crippen LogP contribution in [0.25, 0.3) is 0 Å². The van der Waals surface area contributed by atoms with Gasteiger partial charge in [0.2, 0.25) is 0 Å². The van der Waals surface area contributed by atoms with E-state index in [0.29, 0.717) is 13.1 Å². The van der Waals surface area contributed by atoms with Crippen LogP contribution < -0.4 is 10.6 Å². The minimum atomic E-state index is -0.855. The van der Waals surface area contributed by atoms with Gasteiger partial charge in [0.1, 0.15) is 0 Å². The van der Waals surface area contributed by atoms with Crippen LogP contribution in [0, 0.1) is 5.92 Å². The molecule has 0 aliphatic heterocycles. The van der Waals surface area contributed by atoms with Crippen molar-refractivity contribution in [2.24, 2.45) is 5.92 Å². The molecule has 2 atom stereocenters.